The molecule has 0 amide bonds. The van der Waals surface area contributed by atoms with E-state index in [1.54, 1.807) is 6.07 Å². The van der Waals surface area contributed by atoms with E-state index in [1.165, 1.54) is 32.1 Å². The molecule has 0 bridgehead atoms. The van der Waals surface area contributed by atoms with Crippen molar-refractivity contribution >= 4 is 17.3 Å². The third-order valence-corrected chi connectivity index (χ3v) is 4.05. The summed E-state index contributed by atoms with van der Waals surface area (Å²) >= 11 is 6.23. The Kier molecular flexibility index (Phi) is 4.49. The topological polar surface area (TPSA) is 27.0 Å². The van der Waals surface area contributed by atoms with Crippen molar-refractivity contribution in [3.63, 3.8) is 0 Å². The minimum absolute atomic E-state index is 0.620. The lowest BCUT2D eigenvalue weighted by molar-refractivity contribution is 0.362. The van der Waals surface area contributed by atoms with Gasteiger partial charge in [-0.15, -0.1) is 0 Å². The first-order valence-electron chi connectivity index (χ1n) is 6.61. The van der Waals surface area contributed by atoms with Crippen LogP contribution in [0.3, 0.4) is 0 Å². The van der Waals surface area contributed by atoms with Crippen LogP contribution in [0.4, 0.5) is 5.69 Å². The quantitative estimate of drug-likeness (QED) is 0.815. The second-order valence-corrected chi connectivity index (χ2v) is 5.57. The Morgan fingerprint density at radius 3 is 2.67 bits per heavy atom. The van der Waals surface area contributed by atoms with E-state index >= 15 is 0 Å². The van der Waals surface area contributed by atoms with Gasteiger partial charge in [0, 0.05) is 13.6 Å². The van der Waals surface area contributed by atoms with Crippen LogP contribution in [-0.2, 0) is 0 Å². The Labute approximate surface area is 114 Å². The summed E-state index contributed by atoms with van der Waals surface area (Å²) < 4.78 is 0. The zero-order valence-corrected chi connectivity index (χ0v) is 11.6. The first kappa shape index (κ1) is 13.2. The fraction of sp³-hybridized carbons (Fsp3) is 0.533. The summed E-state index contributed by atoms with van der Waals surface area (Å²) in [6, 6.07) is 7.64. The Morgan fingerprint density at radius 1 is 1.33 bits per heavy atom. The Bertz CT molecular complexity index is 444. The summed E-state index contributed by atoms with van der Waals surface area (Å²) in [7, 11) is 2.09. The molecule has 0 unspecified atom stereocenters. The van der Waals surface area contributed by atoms with Gasteiger partial charge >= 0.3 is 0 Å². The molecule has 0 aliphatic heterocycles. The van der Waals surface area contributed by atoms with Gasteiger partial charge in [0.25, 0.3) is 0 Å². The summed E-state index contributed by atoms with van der Waals surface area (Å²) in [4.78, 5) is 2.22. The van der Waals surface area contributed by atoms with Crippen LogP contribution in [0.15, 0.2) is 18.2 Å². The monoisotopic (exact) mass is 262 g/mol. The maximum Gasteiger partial charge on any atom is 0.0992 e. The van der Waals surface area contributed by atoms with E-state index in [0.29, 0.717) is 10.6 Å². The highest BCUT2D eigenvalue weighted by molar-refractivity contribution is 6.33. The number of halogens is 1. The second-order valence-electron chi connectivity index (χ2n) is 5.16. The van der Waals surface area contributed by atoms with Gasteiger partial charge in [0.2, 0.25) is 0 Å². The summed E-state index contributed by atoms with van der Waals surface area (Å²) in [5, 5.41) is 9.50. The van der Waals surface area contributed by atoms with Crippen LogP contribution in [0.2, 0.25) is 5.02 Å². The molecule has 1 aromatic carbocycles. The van der Waals surface area contributed by atoms with Gasteiger partial charge in [0.05, 0.1) is 22.3 Å². The third kappa shape index (κ3) is 3.17. The Balaban J connectivity index is 2.04. The van der Waals surface area contributed by atoms with Crippen molar-refractivity contribution in [3.05, 3.63) is 28.8 Å². The SMILES string of the molecule is CN(CC1CCCCC1)c1ccc(C#N)cc1Cl. The van der Waals surface area contributed by atoms with E-state index in [1.807, 2.05) is 12.1 Å². The largest absolute Gasteiger partial charge is 0.373 e. The third-order valence-electron chi connectivity index (χ3n) is 3.74. The van der Waals surface area contributed by atoms with E-state index in [-0.39, 0.29) is 0 Å². The molecular formula is C15H19ClN2. The smallest absolute Gasteiger partial charge is 0.0992 e. The van der Waals surface area contributed by atoms with Gasteiger partial charge < -0.3 is 4.90 Å². The first-order chi connectivity index (χ1) is 8.70. The van der Waals surface area contributed by atoms with Gasteiger partial charge in [-0.25, -0.2) is 0 Å². The highest BCUT2D eigenvalue weighted by Gasteiger charge is 2.16. The highest BCUT2D eigenvalue weighted by Crippen LogP contribution is 2.29. The molecule has 1 fully saturated rings. The van der Waals surface area contributed by atoms with Gasteiger partial charge in [0.1, 0.15) is 0 Å². The van der Waals surface area contributed by atoms with Gasteiger partial charge in [-0.3, -0.25) is 0 Å². The highest BCUT2D eigenvalue weighted by atomic mass is 35.5. The van der Waals surface area contributed by atoms with Crippen molar-refractivity contribution in [3.8, 4) is 6.07 Å². The number of benzene rings is 1. The van der Waals surface area contributed by atoms with E-state index in [2.05, 4.69) is 18.0 Å². The molecule has 2 rings (SSSR count). The predicted octanol–water partition coefficient (Wildman–Crippen LogP) is 4.23. The molecule has 1 saturated carbocycles. The molecule has 1 aliphatic rings. The molecular weight excluding hydrogens is 244 g/mol. The van der Waals surface area contributed by atoms with Crippen molar-refractivity contribution in [2.24, 2.45) is 5.92 Å². The normalized spacial score (nSPS) is 16.3. The summed E-state index contributed by atoms with van der Waals surface area (Å²) in [6.07, 6.45) is 6.77. The van der Waals surface area contributed by atoms with Gasteiger partial charge in [-0.05, 0) is 37.0 Å². The number of hydrogen-bond donors (Lipinski definition) is 0. The van der Waals surface area contributed by atoms with Crippen molar-refractivity contribution in [2.45, 2.75) is 32.1 Å². The number of hydrogen-bond acceptors (Lipinski definition) is 2. The molecule has 1 aromatic rings. The van der Waals surface area contributed by atoms with Crippen molar-refractivity contribution in [1.29, 1.82) is 5.26 Å². The number of rotatable bonds is 3. The molecule has 0 heterocycles. The van der Waals surface area contributed by atoms with Crippen LogP contribution < -0.4 is 4.90 Å². The van der Waals surface area contributed by atoms with Gasteiger partial charge in [-0.1, -0.05) is 30.9 Å². The van der Waals surface area contributed by atoms with Crippen LogP contribution in [-0.4, -0.2) is 13.6 Å². The Hall–Kier alpha value is -1.20. The van der Waals surface area contributed by atoms with Crippen LogP contribution in [0.5, 0.6) is 0 Å². The maximum absolute atomic E-state index is 8.83. The molecule has 0 radical (unpaired) electrons. The predicted molar refractivity (Wildman–Crippen MR) is 76.0 cm³/mol. The van der Waals surface area contributed by atoms with E-state index in [0.717, 1.165) is 18.2 Å². The lowest BCUT2D eigenvalue weighted by atomic mass is 9.89. The summed E-state index contributed by atoms with van der Waals surface area (Å²) in [5.41, 5.74) is 1.65. The molecule has 1 aliphatic carbocycles. The number of nitrogens with zero attached hydrogens (tertiary/aromatic N) is 2. The average molecular weight is 263 g/mol. The van der Waals surface area contributed by atoms with Gasteiger partial charge in [-0.2, -0.15) is 5.26 Å². The maximum atomic E-state index is 8.83. The van der Waals surface area contributed by atoms with Crippen LogP contribution in [0.25, 0.3) is 0 Å². The molecule has 0 N–H and O–H groups in total. The van der Waals surface area contributed by atoms with E-state index in [9.17, 15) is 0 Å². The van der Waals surface area contributed by atoms with Crippen molar-refractivity contribution in [1.82, 2.24) is 0 Å². The van der Waals surface area contributed by atoms with Crippen LogP contribution in [0.1, 0.15) is 37.7 Å². The molecule has 0 saturated heterocycles. The second kappa shape index (κ2) is 6.11. The lowest BCUT2D eigenvalue weighted by Crippen LogP contribution is -2.27. The van der Waals surface area contributed by atoms with Crippen LogP contribution >= 0.6 is 11.6 Å². The molecule has 2 nitrogen and oxygen atoms in total. The Morgan fingerprint density at radius 2 is 2.06 bits per heavy atom. The minimum Gasteiger partial charge on any atom is -0.373 e. The molecule has 3 heteroatoms. The van der Waals surface area contributed by atoms with E-state index < -0.39 is 0 Å². The lowest BCUT2D eigenvalue weighted by Gasteiger charge is -2.28. The average Bonchev–Trinajstić information content (AvgIpc) is 2.39. The van der Waals surface area contributed by atoms with Crippen LogP contribution in [0, 0.1) is 17.2 Å². The standard InChI is InChI=1S/C15H19ClN2/c1-18(11-12-5-3-2-4-6-12)15-8-7-13(10-17)9-14(15)16/h7-9,12H,2-6,11H2,1H3. The molecule has 0 aromatic heterocycles. The fourth-order valence-corrected chi connectivity index (χ4v) is 3.07. The molecule has 18 heavy (non-hydrogen) atoms. The minimum atomic E-state index is 0.620. The first-order valence-corrected chi connectivity index (χ1v) is 6.99. The van der Waals surface area contributed by atoms with Gasteiger partial charge in [0.15, 0.2) is 0 Å². The molecule has 96 valence electrons. The summed E-state index contributed by atoms with van der Waals surface area (Å²) in [5.74, 6) is 0.787. The van der Waals surface area contributed by atoms with Crippen molar-refractivity contribution < 1.29 is 0 Å². The van der Waals surface area contributed by atoms with E-state index in [4.69, 9.17) is 16.9 Å². The number of anilines is 1. The molecule has 0 atom stereocenters. The zero-order chi connectivity index (χ0) is 13.0. The molecule has 0 spiro atoms. The summed E-state index contributed by atoms with van der Waals surface area (Å²) in [6.45, 7) is 1.06. The number of nitriles is 1. The van der Waals surface area contributed by atoms with Crippen molar-refractivity contribution in [2.75, 3.05) is 18.5 Å². The fourth-order valence-electron chi connectivity index (χ4n) is 2.74. The zero-order valence-electron chi connectivity index (χ0n) is 10.8.